The van der Waals surface area contributed by atoms with Crippen LogP contribution < -0.4 is 21.9 Å². The Kier molecular flexibility index (Phi) is 4.49. The Hall–Kier alpha value is -4.10. The largest absolute Gasteiger partial charge is 0.382 e. The van der Waals surface area contributed by atoms with Gasteiger partial charge in [-0.2, -0.15) is 20.3 Å². The molecule has 1 aromatic carbocycles. The van der Waals surface area contributed by atoms with Crippen molar-refractivity contribution in [3.05, 3.63) is 69.4 Å². The van der Waals surface area contributed by atoms with E-state index in [0.29, 0.717) is 28.9 Å². The second kappa shape index (κ2) is 7.25. The fraction of sp³-hybridized carbons (Fsp3) is 0.190. The first-order chi connectivity index (χ1) is 15.4. The van der Waals surface area contributed by atoms with Crippen LogP contribution in [0, 0.1) is 17.2 Å². The van der Waals surface area contributed by atoms with Crippen LogP contribution in [0.25, 0.3) is 11.2 Å². The van der Waals surface area contributed by atoms with Crippen molar-refractivity contribution in [2.45, 2.75) is 13.0 Å². The molecule has 0 unspecified atom stereocenters. The average Bonchev–Trinajstić information content (AvgIpc) is 3.13. The highest BCUT2D eigenvalue weighted by molar-refractivity contribution is 6.33. The Balaban J connectivity index is 1.76. The van der Waals surface area contributed by atoms with E-state index in [1.807, 2.05) is 42.2 Å². The fourth-order valence-electron chi connectivity index (χ4n) is 4.17. The van der Waals surface area contributed by atoms with Gasteiger partial charge in [0.25, 0.3) is 5.56 Å². The Bertz CT molecular complexity index is 1450. The highest BCUT2D eigenvalue weighted by Gasteiger charge is 2.43. The zero-order valence-corrected chi connectivity index (χ0v) is 17.7. The number of nitrogens with two attached hydrogens (primary N) is 2. The molecule has 10 nitrogen and oxygen atoms in total. The summed E-state index contributed by atoms with van der Waals surface area (Å²) in [6.45, 7) is 2.61. The first-order valence-electron chi connectivity index (χ1n) is 9.85. The SMILES string of the molecule is C[C@H]1CN(c2nc(N)nc(N)c2C#N)[C@@H]1c1nn2ccc(Cl)c2c(=O)n1-c1ccccc1. The molecule has 0 radical (unpaired) electrons. The molecule has 1 aliphatic heterocycles. The van der Waals surface area contributed by atoms with E-state index < -0.39 is 0 Å². The third kappa shape index (κ3) is 2.86. The summed E-state index contributed by atoms with van der Waals surface area (Å²) in [5.74, 6) is 0.883. The first kappa shape index (κ1) is 19.8. The minimum Gasteiger partial charge on any atom is -0.382 e. The van der Waals surface area contributed by atoms with Crippen LogP contribution in [-0.2, 0) is 0 Å². The lowest BCUT2D eigenvalue weighted by Crippen LogP contribution is -2.52. The molecule has 1 fully saturated rings. The number of fused-ring (bicyclic) bond motifs is 1. The standard InChI is InChI=1S/C21H18ClN9O/c1-11-10-29(18-13(9-23)17(24)26-21(25)27-18)15(11)19-28-30-8-7-14(22)16(30)20(32)31(19)12-5-3-2-4-6-12/h2-8,11,15H,10H2,1H3,(H4,24,25,26,27)/t11-,15-/m0/s1. The molecule has 1 saturated heterocycles. The van der Waals surface area contributed by atoms with Crippen molar-refractivity contribution in [3.8, 4) is 11.8 Å². The number of hydrogen-bond donors (Lipinski definition) is 2. The van der Waals surface area contributed by atoms with Crippen LogP contribution in [0.2, 0.25) is 5.02 Å². The number of rotatable bonds is 3. The average molecular weight is 448 g/mol. The minimum absolute atomic E-state index is 0.00866. The molecule has 1 aliphatic rings. The first-order valence-corrected chi connectivity index (χ1v) is 10.2. The molecule has 0 bridgehead atoms. The lowest BCUT2D eigenvalue weighted by molar-refractivity contribution is 0.300. The second-order valence-electron chi connectivity index (χ2n) is 7.64. The molecule has 0 aliphatic carbocycles. The maximum absolute atomic E-state index is 13.5. The van der Waals surface area contributed by atoms with Gasteiger partial charge >= 0.3 is 0 Å². The quantitative estimate of drug-likeness (QED) is 0.486. The van der Waals surface area contributed by atoms with Gasteiger partial charge in [0.1, 0.15) is 23.0 Å². The molecular formula is C21H18ClN9O. The summed E-state index contributed by atoms with van der Waals surface area (Å²) in [6, 6.07) is 12.5. The van der Waals surface area contributed by atoms with Gasteiger partial charge in [-0.15, -0.1) is 0 Å². The van der Waals surface area contributed by atoms with Gasteiger partial charge in [0, 0.05) is 18.7 Å². The van der Waals surface area contributed by atoms with E-state index in [1.54, 1.807) is 16.8 Å². The van der Waals surface area contributed by atoms with Crippen LogP contribution in [0.15, 0.2) is 47.4 Å². The fourth-order valence-corrected chi connectivity index (χ4v) is 4.39. The summed E-state index contributed by atoms with van der Waals surface area (Å²) in [6.07, 6.45) is 1.65. The molecule has 32 heavy (non-hydrogen) atoms. The molecule has 2 atom stereocenters. The van der Waals surface area contributed by atoms with Crippen LogP contribution >= 0.6 is 11.6 Å². The molecule has 0 saturated carbocycles. The summed E-state index contributed by atoms with van der Waals surface area (Å²) in [5.41, 5.74) is 12.5. The van der Waals surface area contributed by atoms with E-state index in [-0.39, 0.29) is 40.4 Å². The molecule has 4 heterocycles. The van der Waals surface area contributed by atoms with Crippen LogP contribution in [-0.4, -0.2) is 30.7 Å². The molecule has 5 rings (SSSR count). The predicted molar refractivity (Wildman–Crippen MR) is 121 cm³/mol. The van der Waals surface area contributed by atoms with E-state index in [0.717, 1.165) is 0 Å². The van der Waals surface area contributed by atoms with Crippen molar-refractivity contribution in [2.24, 2.45) is 5.92 Å². The summed E-state index contributed by atoms with van der Waals surface area (Å²) >= 11 is 6.28. The van der Waals surface area contributed by atoms with Gasteiger partial charge in [-0.1, -0.05) is 36.7 Å². The van der Waals surface area contributed by atoms with E-state index >= 15 is 0 Å². The summed E-state index contributed by atoms with van der Waals surface area (Å²) in [4.78, 5) is 23.6. The Labute approximate surface area is 187 Å². The number of hydrogen-bond acceptors (Lipinski definition) is 8. The molecular weight excluding hydrogens is 430 g/mol. The minimum atomic E-state index is -0.366. The van der Waals surface area contributed by atoms with Gasteiger partial charge < -0.3 is 16.4 Å². The smallest absolute Gasteiger partial charge is 0.284 e. The summed E-state index contributed by atoms with van der Waals surface area (Å²) in [5, 5.41) is 14.7. The Morgan fingerprint density at radius 2 is 1.94 bits per heavy atom. The third-order valence-electron chi connectivity index (χ3n) is 5.62. The molecule has 4 N–H and O–H groups in total. The zero-order valence-electron chi connectivity index (χ0n) is 17.0. The number of nitrogens with zero attached hydrogens (tertiary/aromatic N) is 7. The van der Waals surface area contributed by atoms with Gasteiger partial charge in [-0.05, 0) is 18.2 Å². The molecule has 0 spiro atoms. The van der Waals surface area contributed by atoms with Crippen LogP contribution in [0.3, 0.4) is 0 Å². The maximum Gasteiger partial charge on any atom is 0.284 e. The summed E-state index contributed by atoms with van der Waals surface area (Å²) in [7, 11) is 0. The molecule has 4 aromatic rings. The van der Waals surface area contributed by atoms with Gasteiger partial charge in [0.2, 0.25) is 5.95 Å². The second-order valence-corrected chi connectivity index (χ2v) is 8.05. The molecule has 0 amide bonds. The lowest BCUT2D eigenvalue weighted by atomic mass is 9.88. The van der Waals surface area contributed by atoms with Crippen molar-refractivity contribution in [2.75, 3.05) is 22.9 Å². The number of nitriles is 1. The third-order valence-corrected chi connectivity index (χ3v) is 5.92. The van der Waals surface area contributed by atoms with E-state index in [2.05, 4.69) is 16.0 Å². The zero-order chi connectivity index (χ0) is 22.6. The van der Waals surface area contributed by atoms with Gasteiger partial charge in [-0.25, -0.2) is 4.52 Å². The maximum atomic E-state index is 13.5. The van der Waals surface area contributed by atoms with Crippen molar-refractivity contribution in [1.29, 1.82) is 5.26 Å². The Morgan fingerprint density at radius 1 is 1.19 bits per heavy atom. The number of anilines is 3. The monoisotopic (exact) mass is 447 g/mol. The van der Waals surface area contributed by atoms with Gasteiger partial charge in [0.05, 0.1) is 16.8 Å². The Morgan fingerprint density at radius 3 is 2.62 bits per heavy atom. The van der Waals surface area contributed by atoms with Crippen molar-refractivity contribution in [1.82, 2.24) is 24.1 Å². The van der Waals surface area contributed by atoms with E-state index in [1.165, 1.54) is 4.52 Å². The predicted octanol–water partition coefficient (Wildman–Crippen LogP) is 2.16. The number of halogens is 1. The van der Waals surface area contributed by atoms with Crippen LogP contribution in [0.5, 0.6) is 0 Å². The number of benzene rings is 1. The van der Waals surface area contributed by atoms with Crippen LogP contribution in [0.1, 0.15) is 24.4 Å². The van der Waals surface area contributed by atoms with Gasteiger partial charge in [-0.3, -0.25) is 9.36 Å². The number of para-hydroxylation sites is 1. The number of nitrogen functional groups attached to an aromatic ring is 2. The molecule has 3 aromatic heterocycles. The molecule has 11 heteroatoms. The van der Waals surface area contributed by atoms with E-state index in [9.17, 15) is 10.1 Å². The topological polar surface area (TPSA) is 144 Å². The van der Waals surface area contributed by atoms with Crippen molar-refractivity contribution >= 4 is 34.7 Å². The normalized spacial score (nSPS) is 17.8. The number of aromatic nitrogens is 5. The van der Waals surface area contributed by atoms with Crippen LogP contribution in [0.4, 0.5) is 17.6 Å². The van der Waals surface area contributed by atoms with Gasteiger partial charge in [0.15, 0.2) is 11.6 Å². The highest BCUT2D eigenvalue weighted by Crippen LogP contribution is 2.42. The van der Waals surface area contributed by atoms with Crippen molar-refractivity contribution < 1.29 is 0 Å². The highest BCUT2D eigenvalue weighted by atomic mass is 35.5. The molecule has 160 valence electrons. The lowest BCUT2D eigenvalue weighted by Gasteiger charge is -2.47. The summed E-state index contributed by atoms with van der Waals surface area (Å²) < 4.78 is 3.03. The van der Waals surface area contributed by atoms with Crippen molar-refractivity contribution in [3.63, 3.8) is 0 Å². The van der Waals surface area contributed by atoms with E-state index in [4.69, 9.17) is 28.2 Å².